The van der Waals surface area contributed by atoms with Crippen molar-refractivity contribution in [2.24, 2.45) is 10.7 Å². The van der Waals surface area contributed by atoms with Crippen LogP contribution < -0.4 is 11.1 Å². The van der Waals surface area contributed by atoms with E-state index in [4.69, 9.17) is 5.73 Å². The quantitative estimate of drug-likeness (QED) is 0.462. The standard InChI is InChI=1S/C16H21N5.HI/c1-12-18-7-9-21(12)10-8-19-16(17)20-15-6-5-13-3-2-4-14(13)11-15;/h5-7,9,11H,2-4,8,10H2,1H3,(H3,17,19,20);1H. The van der Waals surface area contributed by atoms with Crippen LogP contribution >= 0.6 is 24.0 Å². The van der Waals surface area contributed by atoms with Crippen molar-refractivity contribution in [3.63, 3.8) is 0 Å². The largest absolute Gasteiger partial charge is 0.370 e. The van der Waals surface area contributed by atoms with Crippen molar-refractivity contribution in [2.75, 3.05) is 11.9 Å². The summed E-state index contributed by atoms with van der Waals surface area (Å²) in [4.78, 5) is 8.55. The third kappa shape index (κ3) is 4.00. The van der Waals surface area contributed by atoms with E-state index in [0.717, 1.165) is 18.1 Å². The number of aromatic nitrogens is 2. The molecule has 1 aromatic heterocycles. The molecule has 0 atom stereocenters. The third-order valence-electron chi connectivity index (χ3n) is 3.92. The molecule has 2 aromatic rings. The highest BCUT2D eigenvalue weighted by atomic mass is 127. The van der Waals surface area contributed by atoms with Crippen molar-refractivity contribution in [3.8, 4) is 0 Å². The Morgan fingerprint density at radius 1 is 1.36 bits per heavy atom. The van der Waals surface area contributed by atoms with Crippen molar-refractivity contribution in [2.45, 2.75) is 32.7 Å². The van der Waals surface area contributed by atoms with E-state index < -0.39 is 0 Å². The number of aliphatic imine (C=N–C) groups is 1. The minimum atomic E-state index is 0. The number of aryl methyl sites for hydroxylation is 3. The van der Waals surface area contributed by atoms with Crippen molar-refractivity contribution in [3.05, 3.63) is 47.5 Å². The molecule has 0 spiro atoms. The van der Waals surface area contributed by atoms with Gasteiger partial charge in [0.2, 0.25) is 0 Å². The molecular formula is C16H22IN5. The van der Waals surface area contributed by atoms with Gasteiger partial charge in [0.1, 0.15) is 5.82 Å². The van der Waals surface area contributed by atoms with Crippen LogP contribution in [0.3, 0.4) is 0 Å². The predicted octanol–water partition coefficient (Wildman–Crippen LogP) is 2.73. The zero-order valence-corrected chi connectivity index (χ0v) is 15.1. The van der Waals surface area contributed by atoms with Crippen LogP contribution in [0.15, 0.2) is 35.6 Å². The highest BCUT2D eigenvalue weighted by Gasteiger charge is 2.10. The van der Waals surface area contributed by atoms with Crippen LogP contribution in [0.2, 0.25) is 0 Å². The molecule has 22 heavy (non-hydrogen) atoms. The maximum Gasteiger partial charge on any atom is 0.193 e. The fraction of sp³-hybridized carbons (Fsp3) is 0.375. The molecule has 0 saturated heterocycles. The van der Waals surface area contributed by atoms with Gasteiger partial charge in [-0.3, -0.25) is 4.99 Å². The number of hydrogen-bond acceptors (Lipinski definition) is 2. The highest BCUT2D eigenvalue weighted by molar-refractivity contribution is 14.0. The van der Waals surface area contributed by atoms with E-state index in [9.17, 15) is 0 Å². The van der Waals surface area contributed by atoms with Gasteiger partial charge in [-0.2, -0.15) is 0 Å². The summed E-state index contributed by atoms with van der Waals surface area (Å²) in [7, 11) is 0. The lowest BCUT2D eigenvalue weighted by molar-refractivity contribution is 0.685. The highest BCUT2D eigenvalue weighted by Crippen LogP contribution is 2.24. The number of nitrogens with one attached hydrogen (secondary N) is 1. The molecular weight excluding hydrogens is 389 g/mol. The average Bonchev–Trinajstić information content (AvgIpc) is 3.07. The normalized spacial score (nSPS) is 13.6. The maximum absolute atomic E-state index is 5.94. The Balaban J connectivity index is 0.00000176. The molecule has 0 saturated carbocycles. The first-order valence-corrected chi connectivity index (χ1v) is 7.39. The minimum absolute atomic E-state index is 0. The Morgan fingerprint density at radius 3 is 2.95 bits per heavy atom. The number of nitrogens with two attached hydrogens (primary N) is 1. The van der Waals surface area contributed by atoms with Crippen LogP contribution in [0.25, 0.3) is 0 Å². The van der Waals surface area contributed by atoms with E-state index in [1.54, 1.807) is 6.20 Å². The Kier molecular flexibility index (Phi) is 5.82. The Bertz CT molecular complexity index is 662. The first-order chi connectivity index (χ1) is 10.2. The van der Waals surface area contributed by atoms with Crippen molar-refractivity contribution >= 4 is 35.6 Å². The number of rotatable bonds is 4. The first kappa shape index (κ1) is 16.8. The maximum atomic E-state index is 5.94. The van der Waals surface area contributed by atoms with E-state index in [0.29, 0.717) is 12.5 Å². The predicted molar refractivity (Wildman–Crippen MR) is 101 cm³/mol. The summed E-state index contributed by atoms with van der Waals surface area (Å²) >= 11 is 0. The van der Waals surface area contributed by atoms with Crippen LogP contribution in [0.4, 0.5) is 5.69 Å². The lowest BCUT2D eigenvalue weighted by atomic mass is 10.1. The van der Waals surface area contributed by atoms with Crippen LogP contribution in [-0.2, 0) is 19.4 Å². The SMILES string of the molecule is Cc1nccn1CCN=C(N)Nc1ccc2c(c1)CCC2.I. The smallest absolute Gasteiger partial charge is 0.193 e. The Hall–Kier alpha value is -1.57. The molecule has 0 amide bonds. The summed E-state index contributed by atoms with van der Waals surface area (Å²) in [5, 5.41) is 3.17. The van der Waals surface area contributed by atoms with Gasteiger partial charge in [-0.15, -0.1) is 24.0 Å². The summed E-state index contributed by atoms with van der Waals surface area (Å²) in [6, 6.07) is 6.45. The zero-order chi connectivity index (χ0) is 14.7. The van der Waals surface area contributed by atoms with Gasteiger partial charge < -0.3 is 15.6 Å². The van der Waals surface area contributed by atoms with Gasteiger partial charge in [0, 0.05) is 24.6 Å². The van der Waals surface area contributed by atoms with Gasteiger partial charge in [-0.25, -0.2) is 4.98 Å². The van der Waals surface area contributed by atoms with E-state index in [-0.39, 0.29) is 24.0 Å². The van der Waals surface area contributed by atoms with Gasteiger partial charge >= 0.3 is 0 Å². The Labute approximate surface area is 148 Å². The van der Waals surface area contributed by atoms with E-state index in [2.05, 4.69) is 38.1 Å². The van der Waals surface area contributed by atoms with Crippen molar-refractivity contribution in [1.82, 2.24) is 9.55 Å². The topological polar surface area (TPSA) is 68.2 Å². The molecule has 3 rings (SSSR count). The number of fused-ring (bicyclic) bond motifs is 1. The summed E-state index contributed by atoms with van der Waals surface area (Å²) < 4.78 is 2.06. The van der Waals surface area contributed by atoms with E-state index in [1.165, 1.54) is 30.4 Å². The molecule has 5 nitrogen and oxygen atoms in total. The minimum Gasteiger partial charge on any atom is -0.370 e. The average molecular weight is 411 g/mol. The molecule has 6 heteroatoms. The second kappa shape index (κ2) is 7.62. The number of imidazole rings is 1. The summed E-state index contributed by atoms with van der Waals surface area (Å²) in [6.45, 7) is 3.41. The monoisotopic (exact) mass is 411 g/mol. The molecule has 0 aliphatic heterocycles. The second-order valence-electron chi connectivity index (χ2n) is 5.40. The Morgan fingerprint density at radius 2 is 2.18 bits per heavy atom. The summed E-state index contributed by atoms with van der Waals surface area (Å²) in [5.41, 5.74) is 9.86. The van der Waals surface area contributed by atoms with Crippen LogP contribution in [-0.4, -0.2) is 22.1 Å². The van der Waals surface area contributed by atoms with Gasteiger partial charge in [-0.05, 0) is 49.4 Å². The molecule has 1 aliphatic carbocycles. The van der Waals surface area contributed by atoms with Crippen molar-refractivity contribution < 1.29 is 0 Å². The van der Waals surface area contributed by atoms with Gasteiger partial charge in [0.05, 0.1) is 6.54 Å². The summed E-state index contributed by atoms with van der Waals surface area (Å²) in [6.07, 6.45) is 7.37. The molecule has 0 unspecified atom stereocenters. The van der Waals surface area contributed by atoms with E-state index in [1.807, 2.05) is 13.1 Å². The number of benzene rings is 1. The molecule has 1 aliphatic rings. The lowest BCUT2D eigenvalue weighted by Crippen LogP contribution is -2.23. The van der Waals surface area contributed by atoms with Gasteiger partial charge in [-0.1, -0.05) is 6.07 Å². The van der Waals surface area contributed by atoms with Crippen LogP contribution in [0.5, 0.6) is 0 Å². The molecule has 0 radical (unpaired) electrons. The van der Waals surface area contributed by atoms with Gasteiger partial charge in [0.15, 0.2) is 5.96 Å². The molecule has 118 valence electrons. The number of halogens is 1. The number of guanidine groups is 1. The van der Waals surface area contributed by atoms with Crippen molar-refractivity contribution in [1.29, 1.82) is 0 Å². The molecule has 1 heterocycles. The summed E-state index contributed by atoms with van der Waals surface area (Å²) in [5.74, 6) is 1.46. The van der Waals surface area contributed by atoms with Crippen LogP contribution in [0, 0.1) is 6.92 Å². The molecule has 1 aromatic carbocycles. The number of hydrogen-bond donors (Lipinski definition) is 2. The molecule has 3 N–H and O–H groups in total. The van der Waals surface area contributed by atoms with Gasteiger partial charge in [0.25, 0.3) is 0 Å². The fourth-order valence-corrected chi connectivity index (χ4v) is 2.76. The second-order valence-corrected chi connectivity index (χ2v) is 5.40. The fourth-order valence-electron chi connectivity index (χ4n) is 2.76. The first-order valence-electron chi connectivity index (χ1n) is 7.39. The van der Waals surface area contributed by atoms with Crippen LogP contribution in [0.1, 0.15) is 23.4 Å². The third-order valence-corrected chi connectivity index (χ3v) is 3.92. The lowest BCUT2D eigenvalue weighted by Gasteiger charge is -2.08. The van der Waals surface area contributed by atoms with E-state index >= 15 is 0 Å². The molecule has 0 fully saturated rings. The molecule has 0 bridgehead atoms. The zero-order valence-electron chi connectivity index (χ0n) is 12.7. The number of anilines is 1. The number of nitrogens with zero attached hydrogens (tertiary/aromatic N) is 3.